The zero-order valence-electron chi connectivity index (χ0n) is 28.6. The summed E-state index contributed by atoms with van der Waals surface area (Å²) in [7, 11) is 0. The van der Waals surface area contributed by atoms with E-state index in [-0.39, 0.29) is 0 Å². The summed E-state index contributed by atoms with van der Waals surface area (Å²) in [6, 6.07) is 37.7. The third kappa shape index (κ3) is 5.29. The Labute approximate surface area is 293 Å². The molecule has 0 amide bonds. The summed E-state index contributed by atoms with van der Waals surface area (Å²) in [4.78, 5) is 9.62. The van der Waals surface area contributed by atoms with Crippen molar-refractivity contribution in [1.29, 1.82) is 0 Å². The summed E-state index contributed by atoms with van der Waals surface area (Å²) < 4.78 is 0. The molecule has 0 radical (unpaired) electrons. The molecule has 2 aliphatic rings. The Morgan fingerprint density at radius 2 is 1.38 bits per heavy atom. The van der Waals surface area contributed by atoms with Crippen molar-refractivity contribution in [1.82, 2.24) is 9.97 Å². The van der Waals surface area contributed by atoms with Crippen molar-refractivity contribution in [2.45, 2.75) is 39.5 Å². The van der Waals surface area contributed by atoms with Gasteiger partial charge in [-0.2, -0.15) is 0 Å². The van der Waals surface area contributed by atoms with Crippen molar-refractivity contribution in [3.63, 3.8) is 0 Å². The van der Waals surface area contributed by atoms with Gasteiger partial charge in [0.2, 0.25) is 0 Å². The Balaban J connectivity index is 1.24. The average molecular weight is 643 g/mol. The molecule has 9 rings (SSSR count). The van der Waals surface area contributed by atoms with Crippen LogP contribution in [0.2, 0.25) is 0 Å². The zero-order chi connectivity index (χ0) is 33.6. The number of hydrogen-bond acceptors (Lipinski definition) is 2. The van der Waals surface area contributed by atoms with E-state index < -0.39 is 0 Å². The number of nitrogens with zero attached hydrogens (tertiary/aromatic N) is 2. The fourth-order valence-corrected chi connectivity index (χ4v) is 8.05. The van der Waals surface area contributed by atoms with Gasteiger partial charge in [-0.1, -0.05) is 109 Å². The van der Waals surface area contributed by atoms with E-state index in [9.17, 15) is 0 Å². The normalized spacial score (nSPS) is 14.6. The van der Waals surface area contributed by atoms with Crippen LogP contribution in [0.4, 0.5) is 0 Å². The maximum absolute atomic E-state index is 4.95. The topological polar surface area (TPSA) is 25.8 Å². The molecular weight excluding hydrogens is 605 g/mol. The second-order valence-corrected chi connectivity index (χ2v) is 13.6. The first-order valence-corrected chi connectivity index (χ1v) is 17.8. The second kappa shape index (κ2) is 12.5. The van der Waals surface area contributed by atoms with Crippen LogP contribution in [0, 0.1) is 6.92 Å². The molecule has 0 aliphatic heterocycles. The van der Waals surface area contributed by atoms with Crippen LogP contribution in [0.3, 0.4) is 0 Å². The molecule has 0 saturated heterocycles. The molecular formula is C48H38N2. The Morgan fingerprint density at radius 3 is 2.22 bits per heavy atom. The molecule has 2 aromatic heterocycles. The van der Waals surface area contributed by atoms with Crippen LogP contribution in [-0.2, 0) is 0 Å². The number of para-hydroxylation sites is 1. The second-order valence-electron chi connectivity index (χ2n) is 13.6. The summed E-state index contributed by atoms with van der Waals surface area (Å²) in [6.07, 6.45) is 19.8. The van der Waals surface area contributed by atoms with Gasteiger partial charge in [-0.05, 0) is 135 Å². The van der Waals surface area contributed by atoms with Crippen molar-refractivity contribution in [2.75, 3.05) is 0 Å². The zero-order valence-corrected chi connectivity index (χ0v) is 28.6. The highest BCUT2D eigenvalue weighted by atomic mass is 14.7. The van der Waals surface area contributed by atoms with E-state index in [1.165, 1.54) is 71.6 Å². The Bertz CT molecular complexity index is 2600. The smallest absolute Gasteiger partial charge is 0.0718 e. The minimum Gasteiger partial charge on any atom is -0.256 e. The predicted octanol–water partition coefficient (Wildman–Crippen LogP) is 13.1. The number of aromatic nitrogens is 2. The van der Waals surface area contributed by atoms with Crippen molar-refractivity contribution < 1.29 is 0 Å². The van der Waals surface area contributed by atoms with Gasteiger partial charge in [0, 0.05) is 28.9 Å². The minimum absolute atomic E-state index is 0.927. The van der Waals surface area contributed by atoms with Crippen molar-refractivity contribution in [3.05, 3.63) is 168 Å². The number of rotatable bonds is 5. The maximum Gasteiger partial charge on any atom is 0.0718 e. The number of aryl methyl sites for hydroxylation is 1. The molecule has 0 spiro atoms. The van der Waals surface area contributed by atoms with Gasteiger partial charge in [-0.3, -0.25) is 9.97 Å². The molecule has 0 fully saturated rings. The lowest BCUT2D eigenvalue weighted by atomic mass is 9.79. The van der Waals surface area contributed by atoms with Crippen LogP contribution in [0.5, 0.6) is 0 Å². The highest BCUT2D eigenvalue weighted by molar-refractivity contribution is 6.19. The van der Waals surface area contributed by atoms with Gasteiger partial charge >= 0.3 is 0 Å². The number of benzene rings is 5. The fourth-order valence-electron chi connectivity index (χ4n) is 8.05. The third-order valence-electron chi connectivity index (χ3n) is 10.6. The van der Waals surface area contributed by atoms with Crippen molar-refractivity contribution in [3.8, 4) is 33.5 Å². The van der Waals surface area contributed by atoms with E-state index in [2.05, 4.69) is 140 Å². The molecule has 0 unspecified atom stereocenters. The standard InChI is InChI=1S/C48H38N2/c1-3-10-32-17-19-37(25-31(32)2)47-41-14-7-8-15-42(41)48(38-20-18-33-11-4-5-12-34(33)26-38)44-28-35(21-23-43(44)47)39-22-24-46(49-29-39)40-27-36-13-6-9-16-45(36)50-30-40/h3-4,6-11,13-17,19,21-30H,5,12,18,20H2,1-2H3/b10-3-. The first kappa shape index (κ1) is 30.2. The predicted molar refractivity (Wildman–Crippen MR) is 213 cm³/mol. The van der Waals surface area contributed by atoms with E-state index in [0.717, 1.165) is 53.4 Å². The molecule has 50 heavy (non-hydrogen) atoms. The van der Waals surface area contributed by atoms with Crippen LogP contribution in [0.25, 0.3) is 77.6 Å². The molecule has 2 heteroatoms. The largest absolute Gasteiger partial charge is 0.256 e. The van der Waals surface area contributed by atoms with Gasteiger partial charge in [-0.15, -0.1) is 0 Å². The van der Waals surface area contributed by atoms with E-state index >= 15 is 0 Å². The molecule has 0 atom stereocenters. The van der Waals surface area contributed by atoms with E-state index in [0.29, 0.717) is 0 Å². The first-order valence-electron chi connectivity index (χ1n) is 17.8. The van der Waals surface area contributed by atoms with E-state index in [4.69, 9.17) is 4.98 Å². The van der Waals surface area contributed by atoms with Crippen LogP contribution in [-0.4, -0.2) is 9.97 Å². The molecule has 0 saturated carbocycles. The first-order chi connectivity index (χ1) is 24.6. The number of hydrogen-bond donors (Lipinski definition) is 0. The maximum atomic E-state index is 4.95. The molecule has 240 valence electrons. The molecule has 5 aromatic carbocycles. The molecule has 7 aromatic rings. The quantitative estimate of drug-likeness (QED) is 0.175. The van der Waals surface area contributed by atoms with Crippen molar-refractivity contribution in [2.24, 2.45) is 0 Å². The van der Waals surface area contributed by atoms with Crippen LogP contribution < -0.4 is 0 Å². The van der Waals surface area contributed by atoms with Gasteiger partial charge in [0.1, 0.15) is 0 Å². The van der Waals surface area contributed by atoms with Gasteiger partial charge in [-0.25, -0.2) is 0 Å². The summed E-state index contributed by atoms with van der Waals surface area (Å²) in [6.45, 7) is 4.30. The summed E-state index contributed by atoms with van der Waals surface area (Å²) >= 11 is 0. The lowest BCUT2D eigenvalue weighted by molar-refractivity contribution is 0.895. The highest BCUT2D eigenvalue weighted by Gasteiger charge is 2.22. The summed E-state index contributed by atoms with van der Waals surface area (Å²) in [5, 5.41) is 6.34. The lowest BCUT2D eigenvalue weighted by Crippen LogP contribution is -2.02. The molecule has 2 aliphatic carbocycles. The molecule has 0 N–H and O–H groups in total. The SMILES string of the molecule is C/C=C\c1ccc(-c2c3ccccc3c(C3=CC4=C(C=CCC4)CC3)c3cc(-c4ccc(-c5cnc6ccccc6c5)nc4)ccc23)cc1C. The minimum atomic E-state index is 0.927. The fraction of sp³-hybridized carbons (Fsp3) is 0.125. The van der Waals surface area contributed by atoms with Crippen molar-refractivity contribution >= 4 is 44.1 Å². The number of fused-ring (bicyclic) bond motifs is 3. The Kier molecular flexibility index (Phi) is 7.58. The number of allylic oxidation sites excluding steroid dienone is 7. The molecule has 2 heterocycles. The summed E-state index contributed by atoms with van der Waals surface area (Å²) in [5.41, 5.74) is 16.2. The Hall–Kier alpha value is -5.86. The summed E-state index contributed by atoms with van der Waals surface area (Å²) in [5.74, 6) is 0. The molecule has 2 nitrogen and oxygen atoms in total. The van der Waals surface area contributed by atoms with Gasteiger partial charge in [0.05, 0.1) is 11.2 Å². The van der Waals surface area contributed by atoms with Gasteiger partial charge in [0.25, 0.3) is 0 Å². The lowest BCUT2D eigenvalue weighted by Gasteiger charge is -2.25. The van der Waals surface area contributed by atoms with Gasteiger partial charge in [0.15, 0.2) is 0 Å². The van der Waals surface area contributed by atoms with E-state index in [1.807, 2.05) is 24.5 Å². The van der Waals surface area contributed by atoms with Crippen LogP contribution in [0.1, 0.15) is 49.3 Å². The average Bonchev–Trinajstić information content (AvgIpc) is 3.17. The Morgan fingerprint density at radius 1 is 0.600 bits per heavy atom. The third-order valence-corrected chi connectivity index (χ3v) is 10.6. The monoisotopic (exact) mass is 642 g/mol. The number of pyridine rings is 2. The van der Waals surface area contributed by atoms with Crippen LogP contribution >= 0.6 is 0 Å². The molecule has 0 bridgehead atoms. The van der Waals surface area contributed by atoms with E-state index in [1.54, 1.807) is 0 Å². The van der Waals surface area contributed by atoms with Gasteiger partial charge < -0.3 is 0 Å². The highest BCUT2D eigenvalue weighted by Crippen LogP contribution is 2.46. The van der Waals surface area contributed by atoms with Crippen LogP contribution in [0.15, 0.2) is 151 Å².